The molecule has 0 spiro atoms. The Morgan fingerprint density at radius 1 is 0.720 bits per heavy atom. The van der Waals surface area contributed by atoms with E-state index in [9.17, 15) is 9.59 Å². The maximum absolute atomic E-state index is 12.4. The van der Waals surface area contributed by atoms with Gasteiger partial charge < -0.3 is 14.2 Å². The minimum absolute atomic E-state index is 0.00115. The third-order valence-electron chi connectivity index (χ3n) is 7.55. The molecule has 0 bridgehead atoms. The lowest BCUT2D eigenvalue weighted by atomic mass is 9.79. The Kier molecular flexibility index (Phi) is 4.33. The third kappa shape index (κ3) is 2.70. The van der Waals surface area contributed by atoms with Gasteiger partial charge in [0.1, 0.15) is 0 Å². The molecule has 2 saturated heterocycles. The molecule has 4 fully saturated rings. The highest BCUT2D eigenvalue weighted by Gasteiger charge is 2.53. The molecule has 5 nitrogen and oxygen atoms in total. The number of cyclic esters (lactones) is 2. The highest BCUT2D eigenvalue weighted by Crippen LogP contribution is 2.49. The fraction of sp³-hybridized carbons (Fsp3) is 0.900. The summed E-state index contributed by atoms with van der Waals surface area (Å²) in [5.74, 6) is 1.40. The minimum Gasteiger partial charge on any atom is -0.435 e. The minimum atomic E-state index is -0.602. The molecule has 10 unspecified atom stereocenters. The first-order valence-electron chi connectivity index (χ1n) is 9.95. The van der Waals surface area contributed by atoms with Gasteiger partial charge in [0, 0.05) is 11.8 Å². The van der Waals surface area contributed by atoms with Gasteiger partial charge in [0.15, 0.2) is 0 Å². The summed E-state index contributed by atoms with van der Waals surface area (Å²) in [5, 5.41) is 0. The van der Waals surface area contributed by atoms with Gasteiger partial charge >= 0.3 is 11.9 Å². The van der Waals surface area contributed by atoms with Crippen LogP contribution < -0.4 is 0 Å². The number of esters is 2. The fourth-order valence-corrected chi connectivity index (χ4v) is 5.91. The topological polar surface area (TPSA) is 61.8 Å². The number of hydrogen-bond acceptors (Lipinski definition) is 5. The highest BCUT2D eigenvalue weighted by molar-refractivity contribution is 5.75. The van der Waals surface area contributed by atoms with Crippen LogP contribution in [0.4, 0.5) is 0 Å². The summed E-state index contributed by atoms with van der Waals surface area (Å²) in [6, 6.07) is 0. The summed E-state index contributed by atoms with van der Waals surface area (Å²) >= 11 is 0. The van der Waals surface area contributed by atoms with Crippen LogP contribution in [0.25, 0.3) is 0 Å². The van der Waals surface area contributed by atoms with Crippen LogP contribution in [0.1, 0.15) is 53.4 Å². The van der Waals surface area contributed by atoms with Gasteiger partial charge in [-0.15, -0.1) is 0 Å². The van der Waals surface area contributed by atoms with Crippen LogP contribution >= 0.6 is 0 Å². The standard InChI is InChI=1S/C20H30O5/c1-9-5-7-13-11(3)19(23-17(21)15(9)13)25-20-12(4)14-8-6-10(2)16(14)18(22)24-20/h9-16,19-20H,5-8H2,1-4H3. The molecule has 4 aliphatic rings. The molecule has 2 aliphatic heterocycles. The molecule has 0 aromatic carbocycles. The number of carbonyl (C=O) groups excluding carboxylic acids is 2. The van der Waals surface area contributed by atoms with Gasteiger partial charge in [-0.25, -0.2) is 0 Å². The number of rotatable bonds is 2. The number of hydrogen-bond donors (Lipinski definition) is 0. The van der Waals surface area contributed by atoms with Crippen molar-refractivity contribution in [2.45, 2.75) is 66.0 Å². The van der Waals surface area contributed by atoms with Crippen molar-refractivity contribution in [2.75, 3.05) is 0 Å². The summed E-state index contributed by atoms with van der Waals surface area (Å²) in [4.78, 5) is 24.9. The molecule has 2 heterocycles. The van der Waals surface area contributed by atoms with Crippen molar-refractivity contribution in [3.8, 4) is 0 Å². The van der Waals surface area contributed by atoms with Crippen molar-refractivity contribution in [2.24, 2.45) is 47.3 Å². The molecule has 2 aliphatic carbocycles. The molecule has 0 aromatic heterocycles. The number of ether oxygens (including phenoxy) is 3. The third-order valence-corrected chi connectivity index (χ3v) is 7.55. The number of carbonyl (C=O) groups is 2. The Bertz CT molecular complexity index is 512. The smallest absolute Gasteiger partial charge is 0.311 e. The van der Waals surface area contributed by atoms with Crippen molar-refractivity contribution in [3.05, 3.63) is 0 Å². The van der Waals surface area contributed by atoms with E-state index in [2.05, 4.69) is 27.7 Å². The van der Waals surface area contributed by atoms with Crippen molar-refractivity contribution < 1.29 is 23.8 Å². The van der Waals surface area contributed by atoms with E-state index in [4.69, 9.17) is 14.2 Å². The molecule has 0 radical (unpaired) electrons. The SMILES string of the molecule is CC1CCC2C(C)C(OC3OC(=O)C4C(C)CCC4C3C)OC(=O)C12. The normalized spacial score (nSPS) is 52.3. The van der Waals surface area contributed by atoms with E-state index in [1.807, 2.05) is 0 Å². The Morgan fingerprint density at radius 3 is 1.52 bits per heavy atom. The maximum Gasteiger partial charge on any atom is 0.311 e. The zero-order valence-electron chi connectivity index (χ0n) is 15.6. The van der Waals surface area contributed by atoms with E-state index < -0.39 is 12.6 Å². The lowest BCUT2D eigenvalue weighted by Crippen LogP contribution is -2.50. The lowest BCUT2D eigenvalue weighted by molar-refractivity contribution is -0.292. The van der Waals surface area contributed by atoms with Crippen LogP contribution in [0.3, 0.4) is 0 Å². The second-order valence-electron chi connectivity index (χ2n) is 8.95. The molecule has 0 N–H and O–H groups in total. The van der Waals surface area contributed by atoms with Crippen molar-refractivity contribution in [3.63, 3.8) is 0 Å². The Balaban J connectivity index is 1.47. The second-order valence-corrected chi connectivity index (χ2v) is 8.95. The van der Waals surface area contributed by atoms with Crippen LogP contribution in [0, 0.1) is 47.3 Å². The molecule has 5 heteroatoms. The zero-order chi connectivity index (χ0) is 17.9. The molecular weight excluding hydrogens is 320 g/mol. The van der Waals surface area contributed by atoms with Gasteiger partial charge in [0.25, 0.3) is 0 Å². The molecule has 0 amide bonds. The van der Waals surface area contributed by atoms with E-state index >= 15 is 0 Å². The Morgan fingerprint density at radius 2 is 1.12 bits per heavy atom. The van der Waals surface area contributed by atoms with Crippen LogP contribution in [0.15, 0.2) is 0 Å². The number of fused-ring (bicyclic) bond motifs is 2. The van der Waals surface area contributed by atoms with Crippen molar-refractivity contribution in [1.82, 2.24) is 0 Å². The summed E-state index contributed by atoms with van der Waals surface area (Å²) in [7, 11) is 0. The summed E-state index contributed by atoms with van der Waals surface area (Å²) in [5.41, 5.74) is 0. The Labute approximate surface area is 149 Å². The first-order valence-corrected chi connectivity index (χ1v) is 9.95. The second kappa shape index (κ2) is 6.26. The molecule has 25 heavy (non-hydrogen) atoms. The summed E-state index contributed by atoms with van der Waals surface area (Å²) in [6.07, 6.45) is 3.02. The molecule has 10 atom stereocenters. The van der Waals surface area contributed by atoms with Gasteiger partial charge in [0.05, 0.1) is 11.8 Å². The Hall–Kier alpha value is -1.10. The molecule has 4 rings (SSSR count). The predicted octanol–water partition coefficient (Wildman–Crippen LogP) is 3.37. The molecule has 140 valence electrons. The van der Waals surface area contributed by atoms with Gasteiger partial charge in [-0.05, 0) is 49.4 Å². The van der Waals surface area contributed by atoms with Crippen LogP contribution in [0.2, 0.25) is 0 Å². The van der Waals surface area contributed by atoms with E-state index in [1.165, 1.54) is 0 Å². The molecular formula is C20H30O5. The van der Waals surface area contributed by atoms with E-state index in [0.717, 1.165) is 25.7 Å². The quantitative estimate of drug-likeness (QED) is 0.715. The van der Waals surface area contributed by atoms with Crippen molar-refractivity contribution >= 4 is 11.9 Å². The molecule has 0 aromatic rings. The largest absolute Gasteiger partial charge is 0.435 e. The molecule has 2 saturated carbocycles. The predicted molar refractivity (Wildman–Crippen MR) is 89.9 cm³/mol. The van der Waals surface area contributed by atoms with Crippen LogP contribution in [0.5, 0.6) is 0 Å². The van der Waals surface area contributed by atoms with E-state index in [-0.39, 0.29) is 35.6 Å². The van der Waals surface area contributed by atoms with Gasteiger partial charge in [0.2, 0.25) is 12.6 Å². The summed E-state index contributed by atoms with van der Waals surface area (Å²) in [6.45, 7) is 8.46. The van der Waals surface area contributed by atoms with E-state index in [0.29, 0.717) is 23.7 Å². The van der Waals surface area contributed by atoms with Gasteiger partial charge in [-0.1, -0.05) is 27.7 Å². The zero-order valence-corrected chi connectivity index (χ0v) is 15.6. The summed E-state index contributed by atoms with van der Waals surface area (Å²) < 4.78 is 17.4. The van der Waals surface area contributed by atoms with Crippen molar-refractivity contribution in [1.29, 1.82) is 0 Å². The van der Waals surface area contributed by atoms with Gasteiger partial charge in [-0.2, -0.15) is 0 Å². The maximum atomic E-state index is 12.4. The average molecular weight is 350 g/mol. The van der Waals surface area contributed by atoms with Gasteiger partial charge in [-0.3, -0.25) is 9.59 Å². The highest BCUT2D eigenvalue weighted by atomic mass is 16.8. The fourth-order valence-electron chi connectivity index (χ4n) is 5.91. The monoisotopic (exact) mass is 350 g/mol. The first-order chi connectivity index (χ1) is 11.9. The lowest BCUT2D eigenvalue weighted by Gasteiger charge is -2.43. The van der Waals surface area contributed by atoms with Crippen LogP contribution in [-0.4, -0.2) is 24.5 Å². The average Bonchev–Trinajstić information content (AvgIpc) is 3.14. The van der Waals surface area contributed by atoms with Crippen LogP contribution in [-0.2, 0) is 23.8 Å². The van der Waals surface area contributed by atoms with E-state index in [1.54, 1.807) is 0 Å². The first kappa shape index (κ1) is 17.3.